The summed E-state index contributed by atoms with van der Waals surface area (Å²) >= 11 is 0. The lowest BCUT2D eigenvalue weighted by Crippen LogP contribution is -2.21. The minimum absolute atomic E-state index is 0.0105. The first-order chi connectivity index (χ1) is 13.2. The maximum atomic E-state index is 11.8. The topological polar surface area (TPSA) is 137 Å². The van der Waals surface area contributed by atoms with Crippen molar-refractivity contribution in [2.45, 2.75) is 18.4 Å². The maximum Gasteiger partial charge on any atom is 0.330 e. The molecule has 0 aliphatic heterocycles. The van der Waals surface area contributed by atoms with E-state index in [0.717, 1.165) is 6.26 Å². The molecule has 0 aliphatic carbocycles. The molecule has 2 atom stereocenters. The molecule has 0 heterocycles. The molecule has 0 bridgehead atoms. The van der Waals surface area contributed by atoms with Crippen molar-refractivity contribution in [2.75, 3.05) is 18.2 Å². The van der Waals surface area contributed by atoms with Gasteiger partial charge in [0.2, 0.25) is 0 Å². The predicted molar refractivity (Wildman–Crippen MR) is 103 cm³/mol. The van der Waals surface area contributed by atoms with E-state index in [-0.39, 0.29) is 23.5 Å². The number of carbonyl (C=O) groups is 1. The Bertz CT molecular complexity index is 996. The lowest BCUT2D eigenvalue weighted by Gasteiger charge is -2.19. The average Bonchev–Trinajstić information content (AvgIpc) is 2.65. The van der Waals surface area contributed by atoms with Crippen molar-refractivity contribution in [3.8, 4) is 11.8 Å². The van der Waals surface area contributed by atoms with Crippen LogP contribution in [0.2, 0.25) is 0 Å². The number of aliphatic carboxylic acids is 1. The Morgan fingerprint density at radius 2 is 1.82 bits per heavy atom. The molecule has 0 saturated carbocycles. The van der Waals surface area contributed by atoms with Crippen LogP contribution in [0.15, 0.2) is 42.5 Å². The van der Waals surface area contributed by atoms with Crippen LogP contribution < -0.4 is 10.1 Å². The van der Waals surface area contributed by atoms with Crippen molar-refractivity contribution in [3.05, 3.63) is 59.2 Å². The molecule has 2 rings (SSSR count). The van der Waals surface area contributed by atoms with Gasteiger partial charge in [-0.05, 0) is 60.5 Å². The van der Waals surface area contributed by atoms with Crippen LogP contribution in [0, 0.1) is 11.3 Å². The number of carboxylic acid groups (broad SMARTS) is 1. The Labute approximate surface area is 162 Å². The molecule has 28 heavy (non-hydrogen) atoms. The van der Waals surface area contributed by atoms with Gasteiger partial charge in [0, 0.05) is 11.9 Å². The molecule has 0 amide bonds. The minimum Gasteiger partial charge on any atom is -0.494 e. The van der Waals surface area contributed by atoms with Crippen LogP contribution in [0.5, 0.6) is 5.75 Å². The SMILES string of the molecule is CCOc1cc(C(Nc2ccc(C#N)cc2)C(=O)O)cc(C(O)S(C)(=O)=O)c1. The summed E-state index contributed by atoms with van der Waals surface area (Å²) in [5, 5.41) is 31.4. The largest absolute Gasteiger partial charge is 0.494 e. The highest BCUT2D eigenvalue weighted by molar-refractivity contribution is 7.90. The first kappa shape index (κ1) is 21.2. The number of anilines is 1. The first-order valence-corrected chi connectivity index (χ1v) is 10.2. The van der Waals surface area contributed by atoms with Gasteiger partial charge in [-0.15, -0.1) is 0 Å². The van der Waals surface area contributed by atoms with Gasteiger partial charge in [0.1, 0.15) is 5.75 Å². The molecular formula is C19H20N2O6S. The highest BCUT2D eigenvalue weighted by Gasteiger charge is 2.25. The molecule has 0 aromatic heterocycles. The van der Waals surface area contributed by atoms with Gasteiger partial charge in [0.25, 0.3) is 0 Å². The standard InChI is InChI=1S/C19H20N2O6S/c1-3-27-16-9-13(8-14(10-16)19(24)28(2,25)26)17(18(22)23)21-15-6-4-12(11-20)5-7-15/h4-10,17,19,21,24H,3H2,1-2H3,(H,22,23). The molecule has 0 spiro atoms. The van der Waals surface area contributed by atoms with Gasteiger partial charge in [0.05, 0.1) is 18.2 Å². The Hall–Kier alpha value is -3.09. The molecule has 2 aromatic carbocycles. The quantitative estimate of drug-likeness (QED) is 0.609. The number of aliphatic hydroxyl groups is 1. The molecule has 148 valence electrons. The molecular weight excluding hydrogens is 384 g/mol. The van der Waals surface area contributed by atoms with Crippen molar-refractivity contribution in [1.82, 2.24) is 0 Å². The van der Waals surface area contributed by atoms with E-state index in [1.165, 1.54) is 30.3 Å². The number of benzene rings is 2. The van der Waals surface area contributed by atoms with Crippen molar-refractivity contribution in [3.63, 3.8) is 0 Å². The smallest absolute Gasteiger partial charge is 0.330 e. The number of carboxylic acids is 1. The summed E-state index contributed by atoms with van der Waals surface area (Å²) in [6.07, 6.45) is 0.883. The van der Waals surface area contributed by atoms with Crippen molar-refractivity contribution in [1.29, 1.82) is 5.26 Å². The van der Waals surface area contributed by atoms with Gasteiger partial charge in [0.15, 0.2) is 21.3 Å². The fourth-order valence-electron chi connectivity index (χ4n) is 2.55. The van der Waals surface area contributed by atoms with Crippen LogP contribution in [0.1, 0.15) is 35.1 Å². The molecule has 8 nitrogen and oxygen atoms in total. The molecule has 9 heteroatoms. The second-order valence-corrected chi connectivity index (χ2v) is 8.16. The highest BCUT2D eigenvalue weighted by atomic mass is 32.2. The number of nitrogens with zero attached hydrogens (tertiary/aromatic N) is 1. The van der Waals surface area contributed by atoms with E-state index in [1.807, 2.05) is 6.07 Å². The summed E-state index contributed by atoms with van der Waals surface area (Å²) in [6, 6.07) is 11.1. The van der Waals surface area contributed by atoms with E-state index in [4.69, 9.17) is 10.00 Å². The number of aliphatic hydroxyl groups excluding tert-OH is 1. The summed E-state index contributed by atoms with van der Waals surface area (Å²) in [5.41, 5.74) is -0.708. The predicted octanol–water partition coefficient (Wildman–Crippen LogP) is 2.23. The van der Waals surface area contributed by atoms with E-state index in [2.05, 4.69) is 5.32 Å². The van der Waals surface area contributed by atoms with E-state index >= 15 is 0 Å². The molecule has 0 fully saturated rings. The van der Waals surface area contributed by atoms with Crippen molar-refractivity contribution >= 4 is 21.5 Å². The zero-order chi connectivity index (χ0) is 20.9. The Morgan fingerprint density at radius 1 is 1.21 bits per heavy atom. The van der Waals surface area contributed by atoms with Crippen LogP contribution >= 0.6 is 0 Å². The molecule has 0 saturated heterocycles. The van der Waals surface area contributed by atoms with Gasteiger partial charge in [-0.25, -0.2) is 13.2 Å². The van der Waals surface area contributed by atoms with Crippen LogP contribution in [-0.2, 0) is 14.6 Å². The Balaban J connectivity index is 2.48. The number of hydrogen-bond donors (Lipinski definition) is 3. The Morgan fingerprint density at radius 3 is 2.32 bits per heavy atom. The van der Waals surface area contributed by atoms with E-state index in [0.29, 0.717) is 11.3 Å². The molecule has 0 aliphatic rings. The molecule has 3 N–H and O–H groups in total. The summed E-state index contributed by atoms with van der Waals surface area (Å²) in [7, 11) is -3.82. The Kier molecular flexibility index (Phi) is 6.62. The van der Waals surface area contributed by atoms with Crippen LogP contribution in [0.25, 0.3) is 0 Å². The first-order valence-electron chi connectivity index (χ1n) is 8.29. The summed E-state index contributed by atoms with van der Waals surface area (Å²) in [5.74, 6) is -0.969. The summed E-state index contributed by atoms with van der Waals surface area (Å²) < 4.78 is 28.8. The average molecular weight is 404 g/mol. The summed E-state index contributed by atoms with van der Waals surface area (Å²) in [6.45, 7) is 2.00. The van der Waals surface area contributed by atoms with Gasteiger partial charge in [-0.2, -0.15) is 5.26 Å². The van der Waals surface area contributed by atoms with Gasteiger partial charge < -0.3 is 20.3 Å². The van der Waals surface area contributed by atoms with Gasteiger partial charge in [-0.3, -0.25) is 0 Å². The number of nitrogens with one attached hydrogen (secondary N) is 1. The summed E-state index contributed by atoms with van der Waals surface area (Å²) in [4.78, 5) is 11.8. The second kappa shape index (κ2) is 8.73. The number of hydrogen-bond acceptors (Lipinski definition) is 7. The number of ether oxygens (including phenoxy) is 1. The third-order valence-electron chi connectivity index (χ3n) is 3.86. The van der Waals surface area contributed by atoms with Crippen LogP contribution in [0.3, 0.4) is 0 Å². The van der Waals surface area contributed by atoms with E-state index in [9.17, 15) is 23.4 Å². The number of rotatable bonds is 8. The van der Waals surface area contributed by atoms with Crippen LogP contribution in [0.4, 0.5) is 5.69 Å². The van der Waals surface area contributed by atoms with Crippen molar-refractivity contribution in [2.24, 2.45) is 0 Å². The fraction of sp³-hybridized carbons (Fsp3) is 0.263. The number of nitriles is 1. The minimum atomic E-state index is -3.82. The molecule has 0 radical (unpaired) electrons. The number of sulfone groups is 1. The zero-order valence-corrected chi connectivity index (χ0v) is 16.1. The third kappa shape index (κ3) is 5.22. The lowest BCUT2D eigenvalue weighted by molar-refractivity contribution is -0.138. The fourth-order valence-corrected chi connectivity index (χ4v) is 3.18. The zero-order valence-electron chi connectivity index (χ0n) is 15.3. The van der Waals surface area contributed by atoms with Crippen molar-refractivity contribution < 1.29 is 28.2 Å². The molecule has 2 unspecified atom stereocenters. The second-order valence-electron chi connectivity index (χ2n) is 6.06. The maximum absolute atomic E-state index is 11.8. The monoisotopic (exact) mass is 404 g/mol. The van der Waals surface area contributed by atoms with Gasteiger partial charge in [-0.1, -0.05) is 0 Å². The van der Waals surface area contributed by atoms with Crippen LogP contribution in [-0.4, -0.2) is 37.5 Å². The lowest BCUT2D eigenvalue weighted by atomic mass is 10.0. The normalized spacial score (nSPS) is 13.2. The van der Waals surface area contributed by atoms with Gasteiger partial charge >= 0.3 is 5.97 Å². The van der Waals surface area contributed by atoms with E-state index < -0.39 is 27.3 Å². The highest BCUT2D eigenvalue weighted by Crippen LogP contribution is 2.30. The third-order valence-corrected chi connectivity index (χ3v) is 4.94. The molecule has 2 aromatic rings. The van der Waals surface area contributed by atoms with E-state index in [1.54, 1.807) is 19.1 Å².